The molecule has 1 saturated heterocycles. The van der Waals surface area contributed by atoms with E-state index in [1.54, 1.807) is 18.4 Å². The van der Waals surface area contributed by atoms with Crippen LogP contribution in [0.25, 0.3) is 0 Å². The van der Waals surface area contributed by atoms with E-state index in [1.807, 2.05) is 12.1 Å². The smallest absolute Gasteiger partial charge is 0.208 e. The molecule has 1 aromatic heterocycles. The van der Waals surface area contributed by atoms with E-state index in [0.29, 0.717) is 5.92 Å². The zero-order valence-corrected chi connectivity index (χ0v) is 13.6. The van der Waals surface area contributed by atoms with Crippen molar-refractivity contribution in [3.63, 3.8) is 0 Å². The van der Waals surface area contributed by atoms with Gasteiger partial charge < -0.3 is 14.5 Å². The van der Waals surface area contributed by atoms with Crippen LogP contribution in [0.3, 0.4) is 0 Å². The van der Waals surface area contributed by atoms with Crippen molar-refractivity contribution >= 4 is 22.2 Å². The van der Waals surface area contributed by atoms with Gasteiger partial charge >= 0.3 is 0 Å². The molecule has 5 nitrogen and oxygen atoms in total. The molecule has 0 atom stereocenters. The Kier molecular flexibility index (Phi) is 3.62. The number of benzene rings is 1. The second-order valence-corrected chi connectivity index (χ2v) is 6.86. The molecule has 1 aliphatic heterocycles. The van der Waals surface area contributed by atoms with E-state index in [1.165, 1.54) is 23.5 Å². The van der Waals surface area contributed by atoms with Gasteiger partial charge in [0.05, 0.1) is 7.11 Å². The second-order valence-electron chi connectivity index (χ2n) is 5.87. The van der Waals surface area contributed by atoms with Gasteiger partial charge in [-0.05, 0) is 25.0 Å². The maximum Gasteiger partial charge on any atom is 0.208 e. The number of hydrogen-bond acceptors (Lipinski definition) is 6. The van der Waals surface area contributed by atoms with Crippen molar-refractivity contribution < 1.29 is 4.74 Å². The Bertz CT molecular complexity index is 647. The fourth-order valence-electron chi connectivity index (χ4n) is 2.81. The largest absolute Gasteiger partial charge is 0.497 e. The minimum absolute atomic E-state index is 0.698. The predicted octanol–water partition coefficient (Wildman–Crippen LogP) is 2.75. The molecule has 116 valence electrons. The summed E-state index contributed by atoms with van der Waals surface area (Å²) >= 11 is 1.78. The highest BCUT2D eigenvalue weighted by Gasteiger charge is 2.29. The third-order valence-corrected chi connectivity index (χ3v) is 5.47. The van der Waals surface area contributed by atoms with Crippen LogP contribution in [0.15, 0.2) is 24.3 Å². The van der Waals surface area contributed by atoms with Gasteiger partial charge in [0.2, 0.25) is 5.13 Å². The number of hydrogen-bond donors (Lipinski definition) is 0. The maximum absolute atomic E-state index is 5.31. The van der Waals surface area contributed by atoms with Crippen LogP contribution in [0, 0.1) is 0 Å². The standard InChI is InChI=1S/C16H20N4OS/c1-21-14-4-2-3-13(11-14)19-7-9-20(10-8-19)16-18-17-15(22-16)12-5-6-12/h2-4,11-12H,5-10H2,1H3. The SMILES string of the molecule is COc1cccc(N2CCN(c3nnc(C4CC4)s3)CC2)c1. The Morgan fingerprint density at radius 3 is 2.59 bits per heavy atom. The Balaban J connectivity index is 1.40. The number of nitrogens with zero attached hydrogens (tertiary/aromatic N) is 4. The van der Waals surface area contributed by atoms with Gasteiger partial charge in [0.1, 0.15) is 10.8 Å². The molecule has 0 N–H and O–H groups in total. The zero-order chi connectivity index (χ0) is 14.9. The lowest BCUT2D eigenvalue weighted by molar-refractivity contribution is 0.414. The zero-order valence-electron chi connectivity index (χ0n) is 12.7. The Hall–Kier alpha value is -1.82. The minimum atomic E-state index is 0.698. The molecule has 6 heteroatoms. The van der Waals surface area contributed by atoms with E-state index in [0.717, 1.165) is 37.1 Å². The molecule has 4 rings (SSSR count). The van der Waals surface area contributed by atoms with Crippen molar-refractivity contribution in [1.29, 1.82) is 0 Å². The third-order valence-electron chi connectivity index (χ3n) is 4.33. The normalized spacial score (nSPS) is 18.6. The fourth-order valence-corrected chi connectivity index (χ4v) is 3.88. The lowest BCUT2D eigenvalue weighted by Crippen LogP contribution is -2.46. The second kappa shape index (κ2) is 5.76. The van der Waals surface area contributed by atoms with Crippen LogP contribution in [0.1, 0.15) is 23.8 Å². The van der Waals surface area contributed by atoms with E-state index >= 15 is 0 Å². The first-order valence-electron chi connectivity index (χ1n) is 7.81. The first kappa shape index (κ1) is 13.8. The molecule has 2 aromatic rings. The summed E-state index contributed by atoms with van der Waals surface area (Å²) < 4.78 is 5.31. The molecule has 2 fully saturated rings. The molecule has 0 amide bonds. The molecule has 0 bridgehead atoms. The Morgan fingerprint density at radius 2 is 1.86 bits per heavy atom. The van der Waals surface area contributed by atoms with Crippen LogP contribution in [-0.4, -0.2) is 43.5 Å². The summed E-state index contributed by atoms with van der Waals surface area (Å²) in [4.78, 5) is 4.77. The van der Waals surface area contributed by atoms with Gasteiger partial charge in [-0.25, -0.2) is 0 Å². The summed E-state index contributed by atoms with van der Waals surface area (Å²) in [6, 6.07) is 8.29. The van der Waals surface area contributed by atoms with Crippen LogP contribution in [0.4, 0.5) is 10.8 Å². The number of ether oxygens (including phenoxy) is 1. The van der Waals surface area contributed by atoms with E-state index in [2.05, 4.69) is 32.1 Å². The molecule has 2 aliphatic rings. The van der Waals surface area contributed by atoms with Gasteiger partial charge in [-0.15, -0.1) is 10.2 Å². The van der Waals surface area contributed by atoms with Gasteiger partial charge in [-0.3, -0.25) is 0 Å². The molecule has 0 unspecified atom stereocenters. The number of aromatic nitrogens is 2. The third kappa shape index (κ3) is 2.75. The summed E-state index contributed by atoms with van der Waals surface area (Å²) in [5.41, 5.74) is 1.23. The van der Waals surface area contributed by atoms with Crippen molar-refractivity contribution in [3.05, 3.63) is 29.3 Å². The highest BCUT2D eigenvalue weighted by Crippen LogP contribution is 2.42. The molecule has 1 saturated carbocycles. The molecule has 0 spiro atoms. The summed E-state index contributed by atoms with van der Waals surface area (Å²) in [6.45, 7) is 4.00. The van der Waals surface area contributed by atoms with Crippen LogP contribution in [-0.2, 0) is 0 Å². The number of piperazine rings is 1. The first-order chi connectivity index (χ1) is 10.8. The van der Waals surface area contributed by atoms with Crippen LogP contribution >= 0.6 is 11.3 Å². The van der Waals surface area contributed by atoms with E-state index in [4.69, 9.17) is 4.74 Å². The van der Waals surface area contributed by atoms with E-state index in [9.17, 15) is 0 Å². The molecule has 1 aliphatic carbocycles. The van der Waals surface area contributed by atoms with Gasteiger partial charge in [-0.2, -0.15) is 0 Å². The van der Waals surface area contributed by atoms with Crippen molar-refractivity contribution in [3.8, 4) is 5.75 Å². The summed E-state index contributed by atoms with van der Waals surface area (Å²) in [5.74, 6) is 1.61. The summed E-state index contributed by atoms with van der Waals surface area (Å²) in [7, 11) is 1.71. The van der Waals surface area contributed by atoms with Crippen molar-refractivity contribution in [1.82, 2.24) is 10.2 Å². The fraction of sp³-hybridized carbons (Fsp3) is 0.500. The van der Waals surface area contributed by atoms with Crippen molar-refractivity contribution in [2.45, 2.75) is 18.8 Å². The van der Waals surface area contributed by atoms with Crippen molar-refractivity contribution in [2.75, 3.05) is 43.1 Å². The van der Waals surface area contributed by atoms with Gasteiger partial charge in [0, 0.05) is 43.9 Å². The maximum atomic E-state index is 5.31. The Labute approximate surface area is 134 Å². The van der Waals surface area contributed by atoms with Gasteiger partial charge in [0.15, 0.2) is 0 Å². The highest BCUT2D eigenvalue weighted by atomic mass is 32.1. The van der Waals surface area contributed by atoms with E-state index in [-0.39, 0.29) is 0 Å². The van der Waals surface area contributed by atoms with Crippen molar-refractivity contribution in [2.24, 2.45) is 0 Å². The summed E-state index contributed by atoms with van der Waals surface area (Å²) in [6.07, 6.45) is 2.58. The Morgan fingerprint density at radius 1 is 1.09 bits per heavy atom. The van der Waals surface area contributed by atoms with E-state index < -0.39 is 0 Å². The monoisotopic (exact) mass is 316 g/mol. The lowest BCUT2D eigenvalue weighted by atomic mass is 10.2. The number of methoxy groups -OCH3 is 1. The molecule has 1 aromatic carbocycles. The highest BCUT2D eigenvalue weighted by molar-refractivity contribution is 7.15. The molecule has 0 radical (unpaired) electrons. The number of anilines is 2. The average Bonchev–Trinajstić information content (AvgIpc) is 3.32. The first-order valence-corrected chi connectivity index (χ1v) is 8.62. The lowest BCUT2D eigenvalue weighted by Gasteiger charge is -2.35. The predicted molar refractivity (Wildman–Crippen MR) is 89.3 cm³/mol. The van der Waals surface area contributed by atoms with Crippen LogP contribution in [0.5, 0.6) is 5.75 Å². The minimum Gasteiger partial charge on any atom is -0.497 e. The summed E-state index contributed by atoms with van der Waals surface area (Å²) in [5, 5.41) is 11.0. The quantitative estimate of drug-likeness (QED) is 0.867. The number of rotatable bonds is 4. The van der Waals surface area contributed by atoms with Crippen LogP contribution < -0.4 is 14.5 Å². The van der Waals surface area contributed by atoms with Crippen LogP contribution in [0.2, 0.25) is 0 Å². The van der Waals surface area contributed by atoms with Gasteiger partial charge in [-0.1, -0.05) is 17.4 Å². The topological polar surface area (TPSA) is 41.5 Å². The average molecular weight is 316 g/mol. The molecular weight excluding hydrogens is 296 g/mol. The molecule has 2 heterocycles. The molecule has 22 heavy (non-hydrogen) atoms. The molecular formula is C16H20N4OS. The van der Waals surface area contributed by atoms with Gasteiger partial charge in [0.25, 0.3) is 0 Å².